The first kappa shape index (κ1) is 15.6. The summed E-state index contributed by atoms with van der Waals surface area (Å²) < 4.78 is 11.1. The highest BCUT2D eigenvalue weighted by molar-refractivity contribution is 5.96. The Labute approximate surface area is 136 Å². The molecule has 120 valence electrons. The molecular weight excluding hydrogens is 290 g/mol. The van der Waals surface area contributed by atoms with Crippen molar-refractivity contribution in [2.75, 3.05) is 20.3 Å². The van der Waals surface area contributed by atoms with Crippen LogP contribution in [0.4, 0.5) is 0 Å². The lowest BCUT2D eigenvalue weighted by Gasteiger charge is -2.19. The number of carbonyl (C=O) groups excluding carboxylic acids is 1. The van der Waals surface area contributed by atoms with Crippen LogP contribution in [0.5, 0.6) is 5.75 Å². The predicted octanol–water partition coefficient (Wildman–Crippen LogP) is 3.20. The highest BCUT2D eigenvalue weighted by Crippen LogP contribution is 2.34. The van der Waals surface area contributed by atoms with Crippen LogP contribution in [0.25, 0.3) is 0 Å². The summed E-state index contributed by atoms with van der Waals surface area (Å²) in [5, 5.41) is 3.02. The highest BCUT2D eigenvalue weighted by Gasteiger charge is 2.30. The molecule has 1 heterocycles. The Morgan fingerprint density at radius 3 is 2.70 bits per heavy atom. The van der Waals surface area contributed by atoms with Crippen LogP contribution in [0.3, 0.4) is 0 Å². The molecule has 0 unspecified atom stereocenters. The maximum absolute atomic E-state index is 12.4. The number of carbonyl (C=O) groups is 1. The molecule has 23 heavy (non-hydrogen) atoms. The van der Waals surface area contributed by atoms with Gasteiger partial charge < -0.3 is 14.8 Å². The van der Waals surface area contributed by atoms with Crippen molar-refractivity contribution in [1.82, 2.24) is 5.32 Å². The Hall–Kier alpha value is -2.33. The topological polar surface area (TPSA) is 47.6 Å². The van der Waals surface area contributed by atoms with E-state index in [1.165, 1.54) is 5.56 Å². The van der Waals surface area contributed by atoms with Crippen molar-refractivity contribution in [2.45, 2.75) is 12.5 Å². The molecule has 0 aliphatic carbocycles. The SMILES string of the molecule is COc1ccccc1C(=O)NC[C@H]1CCO[C@@H]1c1ccccc1. The molecule has 0 spiro atoms. The molecule has 0 radical (unpaired) electrons. The third-order valence-electron chi connectivity index (χ3n) is 4.22. The molecule has 2 aromatic rings. The maximum Gasteiger partial charge on any atom is 0.255 e. The van der Waals surface area contributed by atoms with E-state index < -0.39 is 0 Å². The van der Waals surface area contributed by atoms with E-state index in [0.29, 0.717) is 17.9 Å². The van der Waals surface area contributed by atoms with Crippen molar-refractivity contribution < 1.29 is 14.3 Å². The first-order chi connectivity index (χ1) is 11.3. The minimum atomic E-state index is -0.110. The lowest BCUT2D eigenvalue weighted by atomic mass is 9.95. The summed E-state index contributed by atoms with van der Waals surface area (Å²) in [4.78, 5) is 12.4. The molecule has 2 aromatic carbocycles. The van der Waals surface area contributed by atoms with Crippen molar-refractivity contribution in [2.24, 2.45) is 5.92 Å². The second-order valence-electron chi connectivity index (χ2n) is 5.66. The smallest absolute Gasteiger partial charge is 0.255 e. The van der Waals surface area contributed by atoms with E-state index in [1.54, 1.807) is 19.2 Å². The molecule has 0 bridgehead atoms. The summed E-state index contributed by atoms with van der Waals surface area (Å²) in [6.07, 6.45) is 1.00. The summed E-state index contributed by atoms with van der Waals surface area (Å²) in [5.74, 6) is 0.768. The molecule has 4 nitrogen and oxygen atoms in total. The molecule has 1 aliphatic heterocycles. The van der Waals surface area contributed by atoms with Gasteiger partial charge in [-0.15, -0.1) is 0 Å². The fourth-order valence-electron chi connectivity index (χ4n) is 3.01. The summed E-state index contributed by atoms with van der Waals surface area (Å²) >= 11 is 0. The van der Waals surface area contributed by atoms with Gasteiger partial charge in [0, 0.05) is 19.1 Å². The third kappa shape index (κ3) is 3.54. The maximum atomic E-state index is 12.4. The van der Waals surface area contributed by atoms with Crippen molar-refractivity contribution >= 4 is 5.91 Å². The van der Waals surface area contributed by atoms with Gasteiger partial charge in [-0.2, -0.15) is 0 Å². The van der Waals surface area contributed by atoms with Crippen LogP contribution in [-0.2, 0) is 4.74 Å². The van der Waals surface area contributed by atoms with Crippen LogP contribution in [0.2, 0.25) is 0 Å². The zero-order valence-corrected chi connectivity index (χ0v) is 13.2. The van der Waals surface area contributed by atoms with Crippen molar-refractivity contribution in [3.8, 4) is 5.75 Å². The number of rotatable bonds is 5. The van der Waals surface area contributed by atoms with E-state index in [1.807, 2.05) is 30.3 Å². The predicted molar refractivity (Wildman–Crippen MR) is 88.6 cm³/mol. The molecule has 1 amide bonds. The van der Waals surface area contributed by atoms with Crippen molar-refractivity contribution in [3.63, 3.8) is 0 Å². The Morgan fingerprint density at radius 1 is 1.17 bits per heavy atom. The van der Waals surface area contributed by atoms with Crippen LogP contribution < -0.4 is 10.1 Å². The zero-order valence-electron chi connectivity index (χ0n) is 13.2. The summed E-state index contributed by atoms with van der Waals surface area (Å²) in [6.45, 7) is 1.32. The number of benzene rings is 2. The molecule has 1 N–H and O–H groups in total. The fraction of sp³-hybridized carbons (Fsp3) is 0.316. The molecule has 1 fully saturated rings. The van der Waals surface area contributed by atoms with Gasteiger partial charge in [0.05, 0.1) is 18.8 Å². The van der Waals surface area contributed by atoms with Crippen LogP contribution in [0.15, 0.2) is 54.6 Å². The lowest BCUT2D eigenvalue weighted by molar-refractivity contribution is 0.0845. The molecule has 3 rings (SSSR count). The van der Waals surface area contributed by atoms with Gasteiger partial charge in [-0.1, -0.05) is 42.5 Å². The van der Waals surface area contributed by atoms with Gasteiger partial charge in [-0.05, 0) is 24.1 Å². The summed E-state index contributed by atoms with van der Waals surface area (Å²) in [6, 6.07) is 17.4. The monoisotopic (exact) mass is 311 g/mol. The standard InChI is InChI=1S/C19H21NO3/c1-22-17-10-6-5-9-16(17)19(21)20-13-15-11-12-23-18(15)14-7-3-2-4-8-14/h2-10,15,18H,11-13H2,1H3,(H,20,21)/t15-,18-/m1/s1. The normalized spacial score (nSPS) is 20.2. The van der Waals surface area contributed by atoms with Gasteiger partial charge in [0.1, 0.15) is 5.75 Å². The number of ether oxygens (including phenoxy) is 2. The number of hydrogen-bond acceptors (Lipinski definition) is 3. The number of amides is 1. The third-order valence-corrected chi connectivity index (χ3v) is 4.22. The minimum Gasteiger partial charge on any atom is -0.496 e. The minimum absolute atomic E-state index is 0.0502. The van der Waals surface area contributed by atoms with E-state index in [9.17, 15) is 4.79 Å². The van der Waals surface area contributed by atoms with Crippen LogP contribution in [0, 0.1) is 5.92 Å². The molecular formula is C19H21NO3. The van der Waals surface area contributed by atoms with Gasteiger partial charge in [0.25, 0.3) is 5.91 Å². The Bertz CT molecular complexity index is 657. The Morgan fingerprint density at radius 2 is 1.91 bits per heavy atom. The molecule has 1 aliphatic rings. The van der Waals surface area contributed by atoms with E-state index in [0.717, 1.165) is 13.0 Å². The molecule has 1 saturated heterocycles. The lowest BCUT2D eigenvalue weighted by Crippen LogP contribution is -2.30. The Kier molecular flexibility index (Phi) is 4.93. The first-order valence-corrected chi connectivity index (χ1v) is 7.87. The molecule has 0 saturated carbocycles. The largest absolute Gasteiger partial charge is 0.496 e. The zero-order chi connectivity index (χ0) is 16.1. The molecule has 4 heteroatoms. The van der Waals surface area contributed by atoms with Crippen LogP contribution in [-0.4, -0.2) is 26.2 Å². The van der Waals surface area contributed by atoms with Crippen LogP contribution >= 0.6 is 0 Å². The van der Waals surface area contributed by atoms with E-state index in [4.69, 9.17) is 9.47 Å². The van der Waals surface area contributed by atoms with E-state index >= 15 is 0 Å². The van der Waals surface area contributed by atoms with Gasteiger partial charge in [0.2, 0.25) is 0 Å². The summed E-state index contributed by atoms with van der Waals surface area (Å²) in [7, 11) is 1.57. The van der Waals surface area contributed by atoms with Gasteiger partial charge >= 0.3 is 0 Å². The van der Waals surface area contributed by atoms with E-state index in [2.05, 4.69) is 17.4 Å². The number of methoxy groups -OCH3 is 1. The van der Waals surface area contributed by atoms with Crippen molar-refractivity contribution in [1.29, 1.82) is 0 Å². The quantitative estimate of drug-likeness (QED) is 0.922. The van der Waals surface area contributed by atoms with Gasteiger partial charge in [-0.25, -0.2) is 0 Å². The fourth-order valence-corrected chi connectivity index (χ4v) is 3.01. The second kappa shape index (κ2) is 7.29. The van der Waals surface area contributed by atoms with Crippen LogP contribution in [0.1, 0.15) is 28.4 Å². The van der Waals surface area contributed by atoms with Gasteiger partial charge in [-0.3, -0.25) is 4.79 Å². The Balaban J connectivity index is 1.64. The number of hydrogen-bond donors (Lipinski definition) is 1. The highest BCUT2D eigenvalue weighted by atomic mass is 16.5. The van der Waals surface area contributed by atoms with Crippen molar-refractivity contribution in [3.05, 3.63) is 65.7 Å². The van der Waals surface area contributed by atoms with Gasteiger partial charge in [0.15, 0.2) is 0 Å². The first-order valence-electron chi connectivity index (χ1n) is 7.87. The average molecular weight is 311 g/mol. The second-order valence-corrected chi connectivity index (χ2v) is 5.66. The molecule has 2 atom stereocenters. The molecule has 0 aromatic heterocycles. The number of para-hydroxylation sites is 1. The summed E-state index contributed by atoms with van der Waals surface area (Å²) in [5.41, 5.74) is 1.73. The number of nitrogens with one attached hydrogen (secondary N) is 1. The average Bonchev–Trinajstić information content (AvgIpc) is 3.09. The van der Waals surface area contributed by atoms with E-state index in [-0.39, 0.29) is 17.9 Å².